The molecule has 0 unspecified atom stereocenters. The summed E-state index contributed by atoms with van der Waals surface area (Å²) in [7, 11) is 0. The number of nitrogens with one attached hydrogen (secondary N) is 3. The van der Waals surface area contributed by atoms with E-state index in [0.29, 0.717) is 25.2 Å². The zero-order chi connectivity index (χ0) is 19.6. The highest BCUT2D eigenvalue weighted by molar-refractivity contribution is 14.0. The number of aliphatic imine (C=N–C) groups is 1. The van der Waals surface area contributed by atoms with Gasteiger partial charge < -0.3 is 20.4 Å². The van der Waals surface area contributed by atoms with Gasteiger partial charge in [0.25, 0.3) is 5.91 Å². The summed E-state index contributed by atoms with van der Waals surface area (Å²) in [6.07, 6.45) is 1.59. The van der Waals surface area contributed by atoms with Crippen LogP contribution in [0, 0.1) is 0 Å². The normalized spacial score (nSPS) is 10.9. The van der Waals surface area contributed by atoms with E-state index in [9.17, 15) is 4.79 Å². The summed E-state index contributed by atoms with van der Waals surface area (Å²) in [4.78, 5) is 17.0. The number of thiophene rings is 1. The molecule has 0 radical (unpaired) electrons. The number of amides is 1. The van der Waals surface area contributed by atoms with Gasteiger partial charge in [-0.05, 0) is 59.1 Å². The Kier molecular flexibility index (Phi) is 9.72. The summed E-state index contributed by atoms with van der Waals surface area (Å²) < 4.78 is 5.24. The van der Waals surface area contributed by atoms with Gasteiger partial charge in [-0.25, -0.2) is 4.99 Å². The Morgan fingerprint density at radius 1 is 1.07 bits per heavy atom. The molecular weight excluding hydrogens is 499 g/mol. The molecule has 29 heavy (non-hydrogen) atoms. The Bertz CT molecular complexity index is 895. The lowest BCUT2D eigenvalue weighted by Gasteiger charge is -2.12. The first kappa shape index (κ1) is 23.0. The number of benzene rings is 1. The van der Waals surface area contributed by atoms with E-state index in [1.54, 1.807) is 29.7 Å². The van der Waals surface area contributed by atoms with Gasteiger partial charge in [-0.3, -0.25) is 4.79 Å². The summed E-state index contributed by atoms with van der Waals surface area (Å²) in [6, 6.07) is 13.3. The van der Waals surface area contributed by atoms with Crippen molar-refractivity contribution in [3.8, 4) is 0 Å². The van der Waals surface area contributed by atoms with E-state index in [0.717, 1.165) is 23.8 Å². The Labute approximate surface area is 191 Å². The van der Waals surface area contributed by atoms with Crippen LogP contribution in [0.25, 0.3) is 0 Å². The molecule has 0 aliphatic carbocycles. The van der Waals surface area contributed by atoms with Crippen molar-refractivity contribution in [1.82, 2.24) is 16.0 Å². The standard InChI is InChI=1S/C21H24N4O2S.HI/c1-2-22-21(25-13-17-8-10-28-15-17)24-12-16-5-3-6-18(11-16)20(26)23-14-19-7-4-9-27-19;/h3-11,15H,2,12-14H2,1H3,(H,23,26)(H2,22,24,25);1H. The number of hydrogen-bond donors (Lipinski definition) is 3. The summed E-state index contributed by atoms with van der Waals surface area (Å²) in [5.74, 6) is 1.35. The highest BCUT2D eigenvalue weighted by atomic mass is 127. The summed E-state index contributed by atoms with van der Waals surface area (Å²) in [5, 5.41) is 13.6. The van der Waals surface area contributed by atoms with Gasteiger partial charge in [0.05, 0.1) is 19.4 Å². The van der Waals surface area contributed by atoms with Crippen molar-refractivity contribution in [2.24, 2.45) is 4.99 Å². The number of nitrogens with zero attached hydrogens (tertiary/aromatic N) is 1. The number of carbonyl (C=O) groups is 1. The van der Waals surface area contributed by atoms with Crippen LogP contribution in [0.15, 0.2) is 68.9 Å². The number of carbonyl (C=O) groups excluding carboxylic acids is 1. The van der Waals surface area contributed by atoms with Crippen LogP contribution in [0.3, 0.4) is 0 Å². The van der Waals surface area contributed by atoms with Gasteiger partial charge in [0.1, 0.15) is 5.76 Å². The summed E-state index contributed by atoms with van der Waals surface area (Å²) >= 11 is 1.67. The largest absolute Gasteiger partial charge is 0.467 e. The molecule has 0 bridgehead atoms. The van der Waals surface area contributed by atoms with Gasteiger partial charge in [0, 0.05) is 18.7 Å². The summed E-state index contributed by atoms with van der Waals surface area (Å²) in [5.41, 5.74) is 2.82. The van der Waals surface area contributed by atoms with Crippen molar-refractivity contribution >= 4 is 47.2 Å². The van der Waals surface area contributed by atoms with Gasteiger partial charge in [-0.15, -0.1) is 24.0 Å². The van der Waals surface area contributed by atoms with Gasteiger partial charge in [-0.2, -0.15) is 11.3 Å². The van der Waals surface area contributed by atoms with Crippen molar-refractivity contribution in [1.29, 1.82) is 0 Å². The first-order valence-corrected chi connectivity index (χ1v) is 10.1. The maximum absolute atomic E-state index is 12.4. The molecule has 0 atom stereocenters. The Morgan fingerprint density at radius 3 is 2.69 bits per heavy atom. The van der Waals surface area contributed by atoms with E-state index < -0.39 is 0 Å². The van der Waals surface area contributed by atoms with Crippen molar-refractivity contribution in [2.45, 2.75) is 26.6 Å². The molecule has 0 saturated heterocycles. The van der Waals surface area contributed by atoms with Crippen LogP contribution in [-0.4, -0.2) is 18.4 Å². The Balaban J connectivity index is 0.00000300. The Hall–Kier alpha value is -2.33. The molecule has 154 valence electrons. The third kappa shape index (κ3) is 7.54. The number of furan rings is 1. The molecule has 2 aromatic heterocycles. The molecule has 0 fully saturated rings. The van der Waals surface area contributed by atoms with Crippen molar-refractivity contribution < 1.29 is 9.21 Å². The van der Waals surface area contributed by atoms with Crippen LogP contribution in [0.5, 0.6) is 0 Å². The number of rotatable bonds is 8. The molecule has 1 aromatic carbocycles. The average Bonchev–Trinajstić information content (AvgIpc) is 3.42. The average molecular weight is 524 g/mol. The maximum atomic E-state index is 12.4. The second-order valence-electron chi connectivity index (χ2n) is 6.14. The monoisotopic (exact) mass is 524 g/mol. The minimum absolute atomic E-state index is 0. The molecule has 0 spiro atoms. The SMILES string of the molecule is CCNC(=NCc1ccsc1)NCc1cccc(C(=O)NCc2ccco2)c1.I. The van der Waals surface area contributed by atoms with Crippen LogP contribution in [-0.2, 0) is 19.6 Å². The van der Waals surface area contributed by atoms with E-state index >= 15 is 0 Å². The second-order valence-corrected chi connectivity index (χ2v) is 6.92. The predicted octanol–water partition coefficient (Wildman–Crippen LogP) is 4.14. The Morgan fingerprint density at radius 2 is 1.97 bits per heavy atom. The fraction of sp³-hybridized carbons (Fsp3) is 0.238. The fourth-order valence-electron chi connectivity index (χ4n) is 2.59. The highest BCUT2D eigenvalue weighted by Gasteiger charge is 2.07. The highest BCUT2D eigenvalue weighted by Crippen LogP contribution is 2.08. The molecule has 3 rings (SSSR count). The first-order valence-electron chi connectivity index (χ1n) is 9.17. The molecule has 0 aliphatic rings. The van der Waals surface area contributed by atoms with E-state index in [1.807, 2.05) is 36.6 Å². The molecule has 2 heterocycles. The quantitative estimate of drug-likeness (QED) is 0.235. The topological polar surface area (TPSA) is 78.7 Å². The number of guanidine groups is 1. The lowest BCUT2D eigenvalue weighted by Crippen LogP contribution is -2.36. The van der Waals surface area contributed by atoms with Crippen molar-refractivity contribution in [3.63, 3.8) is 0 Å². The van der Waals surface area contributed by atoms with Crippen LogP contribution >= 0.6 is 35.3 Å². The maximum Gasteiger partial charge on any atom is 0.251 e. The van der Waals surface area contributed by atoms with Crippen molar-refractivity contribution in [3.05, 3.63) is 81.9 Å². The van der Waals surface area contributed by atoms with Crippen LogP contribution in [0.1, 0.15) is 34.2 Å². The third-order valence-electron chi connectivity index (χ3n) is 4.00. The minimum Gasteiger partial charge on any atom is -0.467 e. The van der Waals surface area contributed by atoms with Gasteiger partial charge in [-0.1, -0.05) is 12.1 Å². The molecule has 0 saturated carbocycles. The zero-order valence-corrected chi connectivity index (χ0v) is 19.3. The lowest BCUT2D eigenvalue weighted by atomic mass is 10.1. The van der Waals surface area contributed by atoms with Gasteiger partial charge >= 0.3 is 0 Å². The van der Waals surface area contributed by atoms with Gasteiger partial charge in [0.2, 0.25) is 0 Å². The summed E-state index contributed by atoms with van der Waals surface area (Å²) in [6.45, 7) is 4.40. The lowest BCUT2D eigenvalue weighted by molar-refractivity contribution is 0.0948. The third-order valence-corrected chi connectivity index (χ3v) is 4.73. The van der Waals surface area contributed by atoms with Crippen molar-refractivity contribution in [2.75, 3.05) is 6.54 Å². The smallest absolute Gasteiger partial charge is 0.251 e. The number of halogens is 1. The second kappa shape index (κ2) is 12.3. The van der Waals surface area contributed by atoms with E-state index in [1.165, 1.54) is 5.56 Å². The predicted molar refractivity (Wildman–Crippen MR) is 128 cm³/mol. The van der Waals surface area contributed by atoms with Gasteiger partial charge in [0.15, 0.2) is 5.96 Å². The molecule has 3 aromatic rings. The fourth-order valence-corrected chi connectivity index (χ4v) is 3.25. The number of hydrogen-bond acceptors (Lipinski definition) is 4. The molecule has 6 nitrogen and oxygen atoms in total. The molecule has 3 N–H and O–H groups in total. The zero-order valence-electron chi connectivity index (χ0n) is 16.2. The molecule has 8 heteroatoms. The molecule has 1 amide bonds. The van der Waals surface area contributed by atoms with E-state index in [4.69, 9.17) is 4.42 Å². The molecular formula is C21H25IN4O2S. The van der Waals surface area contributed by atoms with Crippen LogP contribution in [0.4, 0.5) is 0 Å². The van der Waals surface area contributed by atoms with Crippen LogP contribution < -0.4 is 16.0 Å². The molecule has 0 aliphatic heterocycles. The minimum atomic E-state index is -0.128. The first-order chi connectivity index (χ1) is 13.7. The van der Waals surface area contributed by atoms with Crippen LogP contribution in [0.2, 0.25) is 0 Å². The van der Waals surface area contributed by atoms with E-state index in [-0.39, 0.29) is 29.9 Å². The van der Waals surface area contributed by atoms with E-state index in [2.05, 4.69) is 32.4 Å².